The fourth-order valence-electron chi connectivity index (χ4n) is 1.38. The molecule has 0 aliphatic carbocycles. The van der Waals surface area contributed by atoms with Crippen LogP contribution in [0.4, 0.5) is 0 Å². The van der Waals surface area contributed by atoms with E-state index in [1.165, 1.54) is 0 Å². The van der Waals surface area contributed by atoms with Gasteiger partial charge in [0.15, 0.2) is 11.2 Å². The van der Waals surface area contributed by atoms with Gasteiger partial charge >= 0.3 is 0 Å². The topological polar surface area (TPSA) is 20.2 Å². The maximum absolute atomic E-state index is 9.82. The molecule has 72 valence electrons. The molecule has 1 N–H and O–H groups in total. The lowest BCUT2D eigenvalue weighted by Crippen LogP contribution is -2.00. The zero-order valence-electron chi connectivity index (χ0n) is 7.89. The zero-order chi connectivity index (χ0) is 9.80. The van der Waals surface area contributed by atoms with E-state index in [1.54, 1.807) is 0 Å². The summed E-state index contributed by atoms with van der Waals surface area (Å²) in [6.45, 7) is 0. The second kappa shape index (κ2) is 4.38. The van der Waals surface area contributed by atoms with Crippen molar-refractivity contribution in [1.82, 2.24) is 0 Å². The van der Waals surface area contributed by atoms with Crippen LogP contribution in [-0.4, -0.2) is 16.6 Å². The van der Waals surface area contributed by atoms with Crippen molar-refractivity contribution >= 4 is 16.7 Å². The van der Waals surface area contributed by atoms with Gasteiger partial charge in [0.2, 0.25) is 0 Å². The van der Waals surface area contributed by atoms with E-state index in [2.05, 4.69) is 12.2 Å². The molecule has 1 aromatic rings. The van der Waals surface area contributed by atoms with E-state index in [9.17, 15) is 5.11 Å². The van der Waals surface area contributed by atoms with Crippen molar-refractivity contribution in [1.29, 1.82) is 0 Å². The summed E-state index contributed by atoms with van der Waals surface area (Å²) in [7, 11) is 0.219. The fourth-order valence-corrected chi connectivity index (χ4v) is 2.93. The smallest absolute Gasteiger partial charge is 0.170 e. The van der Waals surface area contributed by atoms with Crippen molar-refractivity contribution in [2.24, 2.45) is 0 Å². The van der Waals surface area contributed by atoms with Crippen molar-refractivity contribution in [2.45, 2.75) is 0 Å². The van der Waals surface area contributed by atoms with E-state index in [1.807, 2.05) is 35.7 Å². The van der Waals surface area contributed by atoms with Crippen molar-refractivity contribution in [3.05, 3.63) is 53.5 Å². The minimum atomic E-state index is 0.219. The average Bonchev–Trinajstić information content (AvgIpc) is 2.72. The highest BCUT2D eigenvalue weighted by Gasteiger charge is 2.18. The van der Waals surface area contributed by atoms with Crippen LogP contribution in [0.25, 0.3) is 5.76 Å². The van der Waals surface area contributed by atoms with Crippen LogP contribution in [0, 0.1) is 0 Å². The molecule has 0 amide bonds. The van der Waals surface area contributed by atoms with Gasteiger partial charge in [-0.2, -0.15) is 0 Å². The zero-order valence-corrected chi connectivity index (χ0v) is 8.70. The molecule has 1 aliphatic rings. The Morgan fingerprint density at radius 3 is 2.43 bits per heavy atom. The Morgan fingerprint density at radius 1 is 1.14 bits per heavy atom. The van der Waals surface area contributed by atoms with Crippen LogP contribution in [0.5, 0.6) is 0 Å². The molecule has 0 saturated carbocycles. The highest BCUT2D eigenvalue weighted by molar-refractivity contribution is 8.00. The maximum Gasteiger partial charge on any atom is 0.170 e. The Labute approximate surface area is 87.1 Å². The lowest BCUT2D eigenvalue weighted by molar-refractivity contribution is 0.513. The molecule has 1 nitrogen and oxygen atoms in total. The summed E-state index contributed by atoms with van der Waals surface area (Å²) in [4.78, 5) is 0. The van der Waals surface area contributed by atoms with E-state index in [4.69, 9.17) is 0 Å². The second-order valence-electron chi connectivity index (χ2n) is 3.21. The molecule has 1 aromatic carbocycles. The average molecular weight is 205 g/mol. The van der Waals surface area contributed by atoms with E-state index in [0.717, 1.165) is 17.1 Å². The first kappa shape index (κ1) is 9.41. The quantitative estimate of drug-likeness (QED) is 0.447. The first-order valence-corrected chi connectivity index (χ1v) is 6.26. The molecule has 0 unspecified atom stereocenters. The molecule has 0 fully saturated rings. The molecule has 0 saturated heterocycles. The Balaban J connectivity index is 2.11. The highest BCUT2D eigenvalue weighted by Crippen LogP contribution is 2.16. The molecular formula is C12H13OS+. The molecule has 1 heterocycles. The van der Waals surface area contributed by atoms with Gasteiger partial charge in [-0.1, -0.05) is 30.3 Å². The third-order valence-electron chi connectivity index (χ3n) is 2.14. The minimum absolute atomic E-state index is 0.219. The molecule has 2 rings (SSSR count). The van der Waals surface area contributed by atoms with Gasteiger partial charge in [-0.3, -0.25) is 0 Å². The van der Waals surface area contributed by atoms with Crippen molar-refractivity contribution in [3.8, 4) is 0 Å². The van der Waals surface area contributed by atoms with Gasteiger partial charge in [0.1, 0.15) is 11.5 Å². The molecule has 0 aromatic heterocycles. The lowest BCUT2D eigenvalue weighted by atomic mass is 10.2. The Morgan fingerprint density at radius 2 is 1.79 bits per heavy atom. The van der Waals surface area contributed by atoms with Crippen molar-refractivity contribution < 1.29 is 5.11 Å². The summed E-state index contributed by atoms with van der Waals surface area (Å²) in [6.07, 6.45) is 4.36. The Bertz CT molecular complexity index is 346. The first-order valence-electron chi connectivity index (χ1n) is 4.64. The number of hydrogen-bond acceptors (Lipinski definition) is 1. The van der Waals surface area contributed by atoms with E-state index in [-0.39, 0.29) is 10.9 Å². The van der Waals surface area contributed by atoms with Crippen LogP contribution in [0.3, 0.4) is 0 Å². The summed E-state index contributed by atoms with van der Waals surface area (Å²) in [6, 6.07) is 9.69. The van der Waals surface area contributed by atoms with Gasteiger partial charge < -0.3 is 5.11 Å². The second-order valence-corrected chi connectivity index (χ2v) is 5.19. The van der Waals surface area contributed by atoms with Gasteiger partial charge in [0.25, 0.3) is 0 Å². The molecule has 14 heavy (non-hydrogen) atoms. The minimum Gasteiger partial charge on any atom is -0.503 e. The SMILES string of the molecule is O/C(=C\[S+]1CC=CC1)c1ccccc1. The molecule has 2 heteroatoms. The lowest BCUT2D eigenvalue weighted by Gasteiger charge is -1.98. The monoisotopic (exact) mass is 205 g/mol. The highest BCUT2D eigenvalue weighted by atomic mass is 32.2. The predicted molar refractivity (Wildman–Crippen MR) is 63.3 cm³/mol. The van der Waals surface area contributed by atoms with Crippen LogP contribution in [0.2, 0.25) is 0 Å². The van der Waals surface area contributed by atoms with Gasteiger partial charge in [0.05, 0.1) is 0 Å². The number of aliphatic hydroxyl groups excluding tert-OH is 1. The third kappa shape index (κ3) is 2.20. The van der Waals surface area contributed by atoms with Crippen LogP contribution >= 0.6 is 0 Å². The molecule has 0 spiro atoms. The molecule has 0 radical (unpaired) electrons. The summed E-state index contributed by atoms with van der Waals surface area (Å²) in [5.41, 5.74) is 0.909. The standard InChI is InChI=1S/C12H12OS/c13-12(10-14-8-4-5-9-14)11-6-2-1-3-7-11/h1-7,10H,8-9H2/p+1/b12-10-. The van der Waals surface area contributed by atoms with Crippen LogP contribution in [-0.2, 0) is 10.9 Å². The summed E-state index contributed by atoms with van der Waals surface area (Å²) < 4.78 is 0. The normalized spacial score (nSPS) is 17.6. The summed E-state index contributed by atoms with van der Waals surface area (Å²) in [5.74, 6) is 2.57. The van der Waals surface area contributed by atoms with Gasteiger partial charge in [-0.25, -0.2) is 0 Å². The van der Waals surface area contributed by atoms with E-state index < -0.39 is 0 Å². The van der Waals surface area contributed by atoms with Crippen molar-refractivity contribution in [3.63, 3.8) is 0 Å². The van der Waals surface area contributed by atoms with Gasteiger partial charge in [-0.15, -0.1) is 0 Å². The summed E-state index contributed by atoms with van der Waals surface area (Å²) >= 11 is 0. The molecule has 0 atom stereocenters. The van der Waals surface area contributed by atoms with Crippen LogP contribution < -0.4 is 0 Å². The van der Waals surface area contributed by atoms with Crippen molar-refractivity contribution in [2.75, 3.05) is 11.5 Å². The largest absolute Gasteiger partial charge is 0.503 e. The Hall–Kier alpha value is -1.15. The summed E-state index contributed by atoms with van der Waals surface area (Å²) in [5, 5.41) is 11.8. The predicted octanol–water partition coefficient (Wildman–Crippen LogP) is 2.73. The first-order chi connectivity index (χ1) is 6.86. The third-order valence-corrected chi connectivity index (χ3v) is 3.93. The van der Waals surface area contributed by atoms with Crippen LogP contribution in [0.15, 0.2) is 47.9 Å². The molecule has 0 bridgehead atoms. The fraction of sp³-hybridized carbons (Fsp3) is 0.167. The Kier molecular flexibility index (Phi) is 2.94. The number of rotatable bonds is 2. The number of hydrogen-bond donors (Lipinski definition) is 1. The molecular weight excluding hydrogens is 192 g/mol. The van der Waals surface area contributed by atoms with Gasteiger partial charge in [-0.05, 0) is 12.2 Å². The van der Waals surface area contributed by atoms with Crippen LogP contribution in [0.1, 0.15) is 5.56 Å². The van der Waals surface area contributed by atoms with E-state index >= 15 is 0 Å². The number of benzene rings is 1. The number of aliphatic hydroxyl groups is 1. The maximum atomic E-state index is 9.82. The molecule has 1 aliphatic heterocycles. The van der Waals surface area contributed by atoms with E-state index in [0.29, 0.717) is 5.76 Å². The van der Waals surface area contributed by atoms with Gasteiger partial charge in [0, 0.05) is 16.5 Å².